The van der Waals surface area contributed by atoms with E-state index in [1.165, 1.54) is 0 Å². The van der Waals surface area contributed by atoms with E-state index in [0.717, 1.165) is 22.5 Å². The lowest BCUT2D eigenvalue weighted by atomic mass is 9.91. The van der Waals surface area contributed by atoms with Gasteiger partial charge in [-0.2, -0.15) is 0 Å². The Kier molecular flexibility index (Phi) is 4.99. The number of rotatable bonds is 3. The molecule has 1 aromatic heterocycles. The van der Waals surface area contributed by atoms with E-state index in [9.17, 15) is 0 Å². The first-order chi connectivity index (χ1) is 9.43. The minimum Gasteiger partial charge on any atom is -0.376 e. The minimum absolute atomic E-state index is 0.0732. The van der Waals surface area contributed by atoms with Crippen LogP contribution in [0.1, 0.15) is 45.3 Å². The molecular weight excluding hydrogens is 322 g/mol. The van der Waals surface area contributed by atoms with Gasteiger partial charge in [0.1, 0.15) is 11.9 Å². The maximum atomic E-state index is 5.71. The predicted molar refractivity (Wildman–Crippen MR) is 82.1 cm³/mol. The Morgan fingerprint density at radius 2 is 2.05 bits per heavy atom. The molecule has 0 aromatic carbocycles. The fourth-order valence-electron chi connectivity index (χ4n) is 2.03. The van der Waals surface area contributed by atoms with Crippen molar-refractivity contribution in [3.8, 4) is 0 Å². The summed E-state index contributed by atoms with van der Waals surface area (Å²) < 4.78 is 12.1. The number of ether oxygens (including phenoxy) is 2. The van der Waals surface area contributed by atoms with Crippen LogP contribution in [0.5, 0.6) is 0 Å². The molecule has 20 heavy (non-hydrogen) atoms. The van der Waals surface area contributed by atoms with Crippen LogP contribution in [0.3, 0.4) is 0 Å². The van der Waals surface area contributed by atoms with E-state index in [-0.39, 0.29) is 11.5 Å². The topological polar surface area (TPSA) is 56.3 Å². The van der Waals surface area contributed by atoms with Crippen molar-refractivity contribution < 1.29 is 9.47 Å². The molecule has 2 rings (SSSR count). The van der Waals surface area contributed by atoms with Gasteiger partial charge in [0, 0.05) is 12.0 Å². The van der Waals surface area contributed by atoms with Crippen LogP contribution in [-0.2, 0) is 14.9 Å². The van der Waals surface area contributed by atoms with Gasteiger partial charge in [-0.05, 0) is 22.9 Å². The van der Waals surface area contributed by atoms with Gasteiger partial charge in [0.25, 0.3) is 0 Å². The second kappa shape index (κ2) is 6.37. The second-order valence-corrected chi connectivity index (χ2v) is 6.60. The third kappa shape index (κ3) is 3.48. The molecule has 2 heterocycles. The Bertz CT molecular complexity index is 468. The lowest BCUT2D eigenvalue weighted by Gasteiger charge is -2.26. The summed E-state index contributed by atoms with van der Waals surface area (Å²) in [6.07, 6.45) is -0.185. The van der Waals surface area contributed by atoms with Crippen molar-refractivity contribution in [3.05, 3.63) is 16.0 Å². The highest BCUT2D eigenvalue weighted by molar-refractivity contribution is 9.10. The summed E-state index contributed by atoms with van der Waals surface area (Å²) in [5.74, 6) is 1.50. The standard InChI is InChI=1S/C14H22BrN3O2/c1-5-16-13-10(15)11(14(2,3)4)17-12(18-13)9-8-19-6-7-20-9/h9H,5-8H2,1-4H3,(H,16,17,18). The van der Waals surface area contributed by atoms with Gasteiger partial charge in [-0.3, -0.25) is 0 Å². The van der Waals surface area contributed by atoms with Crippen LogP contribution in [0.25, 0.3) is 0 Å². The van der Waals surface area contributed by atoms with Gasteiger partial charge in [0.05, 0.1) is 30.0 Å². The molecule has 1 unspecified atom stereocenters. The number of halogens is 1. The van der Waals surface area contributed by atoms with Crippen LogP contribution in [0, 0.1) is 0 Å². The first-order valence-electron chi connectivity index (χ1n) is 6.94. The molecule has 1 aliphatic rings. The molecule has 1 fully saturated rings. The highest BCUT2D eigenvalue weighted by Crippen LogP contribution is 2.34. The van der Waals surface area contributed by atoms with Crippen molar-refractivity contribution in [1.82, 2.24) is 9.97 Å². The van der Waals surface area contributed by atoms with Gasteiger partial charge in [0.2, 0.25) is 0 Å². The summed E-state index contributed by atoms with van der Waals surface area (Å²) in [7, 11) is 0. The molecule has 5 nitrogen and oxygen atoms in total. The smallest absolute Gasteiger partial charge is 0.162 e. The average Bonchev–Trinajstić information content (AvgIpc) is 2.41. The van der Waals surface area contributed by atoms with Crippen molar-refractivity contribution in [3.63, 3.8) is 0 Å². The van der Waals surface area contributed by atoms with Crippen LogP contribution in [0.4, 0.5) is 5.82 Å². The average molecular weight is 344 g/mol. The largest absolute Gasteiger partial charge is 0.376 e. The number of aromatic nitrogens is 2. The lowest BCUT2D eigenvalue weighted by Crippen LogP contribution is -2.26. The summed E-state index contributed by atoms with van der Waals surface area (Å²) in [6.45, 7) is 11.0. The van der Waals surface area contributed by atoms with E-state index in [4.69, 9.17) is 14.5 Å². The molecule has 0 spiro atoms. The van der Waals surface area contributed by atoms with E-state index in [0.29, 0.717) is 25.6 Å². The molecule has 1 saturated heterocycles. The summed E-state index contributed by atoms with van der Waals surface area (Å²) in [5, 5.41) is 3.27. The number of nitrogens with zero attached hydrogens (tertiary/aromatic N) is 2. The zero-order chi connectivity index (χ0) is 14.8. The molecule has 0 amide bonds. The molecule has 112 valence electrons. The third-order valence-corrected chi connectivity index (χ3v) is 3.78. The van der Waals surface area contributed by atoms with Crippen molar-refractivity contribution in [2.75, 3.05) is 31.7 Å². The van der Waals surface area contributed by atoms with Gasteiger partial charge in [-0.1, -0.05) is 20.8 Å². The summed E-state index contributed by atoms with van der Waals surface area (Å²) in [5.41, 5.74) is 0.906. The fraction of sp³-hybridized carbons (Fsp3) is 0.714. The highest BCUT2D eigenvalue weighted by atomic mass is 79.9. The van der Waals surface area contributed by atoms with E-state index >= 15 is 0 Å². The zero-order valence-corrected chi connectivity index (χ0v) is 14.1. The van der Waals surface area contributed by atoms with Crippen LogP contribution >= 0.6 is 15.9 Å². The van der Waals surface area contributed by atoms with Gasteiger partial charge >= 0.3 is 0 Å². The minimum atomic E-state index is -0.185. The first-order valence-corrected chi connectivity index (χ1v) is 7.74. The Morgan fingerprint density at radius 1 is 1.30 bits per heavy atom. The SMILES string of the molecule is CCNc1nc(C2COCCO2)nc(C(C)(C)C)c1Br. The van der Waals surface area contributed by atoms with E-state index in [2.05, 4.69) is 47.0 Å². The first kappa shape index (κ1) is 15.7. The fourth-order valence-corrected chi connectivity index (χ4v) is 2.94. The van der Waals surface area contributed by atoms with Crippen molar-refractivity contribution in [2.24, 2.45) is 0 Å². The maximum absolute atomic E-state index is 5.71. The van der Waals surface area contributed by atoms with Crippen LogP contribution in [0.15, 0.2) is 4.47 Å². The summed E-state index contributed by atoms with van der Waals surface area (Å²) >= 11 is 3.62. The normalized spacial score (nSPS) is 19.9. The zero-order valence-electron chi connectivity index (χ0n) is 12.5. The second-order valence-electron chi connectivity index (χ2n) is 5.81. The van der Waals surface area contributed by atoms with Gasteiger partial charge in [0.15, 0.2) is 5.82 Å². The van der Waals surface area contributed by atoms with Crippen molar-refractivity contribution in [1.29, 1.82) is 0 Å². The summed E-state index contributed by atoms with van der Waals surface area (Å²) in [6, 6.07) is 0. The predicted octanol–water partition coefficient (Wildman–Crippen LogP) is 3.06. The Hall–Kier alpha value is -0.720. The van der Waals surface area contributed by atoms with Gasteiger partial charge < -0.3 is 14.8 Å². The number of anilines is 1. The molecule has 0 radical (unpaired) electrons. The monoisotopic (exact) mass is 343 g/mol. The Morgan fingerprint density at radius 3 is 2.60 bits per heavy atom. The Balaban J connectivity index is 2.43. The molecule has 1 atom stereocenters. The van der Waals surface area contributed by atoms with Gasteiger partial charge in [-0.25, -0.2) is 9.97 Å². The quantitative estimate of drug-likeness (QED) is 0.913. The molecule has 0 bridgehead atoms. The Labute approximate surface area is 128 Å². The number of hydrogen-bond donors (Lipinski definition) is 1. The molecule has 1 aromatic rings. The van der Waals surface area contributed by atoms with Gasteiger partial charge in [-0.15, -0.1) is 0 Å². The van der Waals surface area contributed by atoms with Crippen LogP contribution in [0.2, 0.25) is 0 Å². The lowest BCUT2D eigenvalue weighted by molar-refractivity contribution is -0.0936. The molecular formula is C14H22BrN3O2. The van der Waals surface area contributed by atoms with Crippen molar-refractivity contribution >= 4 is 21.7 Å². The molecule has 0 aliphatic carbocycles. The summed E-state index contributed by atoms with van der Waals surface area (Å²) in [4.78, 5) is 9.29. The third-order valence-electron chi connectivity index (χ3n) is 3.03. The molecule has 1 aliphatic heterocycles. The molecule has 6 heteroatoms. The number of hydrogen-bond acceptors (Lipinski definition) is 5. The number of nitrogens with one attached hydrogen (secondary N) is 1. The maximum Gasteiger partial charge on any atom is 0.162 e. The molecule has 0 saturated carbocycles. The van der Waals surface area contributed by atoms with Crippen molar-refractivity contribution in [2.45, 2.75) is 39.2 Å². The highest BCUT2D eigenvalue weighted by Gasteiger charge is 2.27. The van der Waals surface area contributed by atoms with E-state index < -0.39 is 0 Å². The van der Waals surface area contributed by atoms with E-state index in [1.54, 1.807) is 0 Å². The van der Waals surface area contributed by atoms with Crippen LogP contribution < -0.4 is 5.32 Å². The van der Waals surface area contributed by atoms with E-state index in [1.807, 2.05) is 6.92 Å². The van der Waals surface area contributed by atoms with Crippen LogP contribution in [-0.4, -0.2) is 36.3 Å². The molecule has 1 N–H and O–H groups in total.